The van der Waals surface area contributed by atoms with Gasteiger partial charge in [-0.3, -0.25) is 9.52 Å². The van der Waals surface area contributed by atoms with Crippen molar-refractivity contribution < 1.29 is 22.7 Å². The van der Waals surface area contributed by atoms with Crippen molar-refractivity contribution in [2.24, 2.45) is 0 Å². The number of methoxy groups -OCH3 is 2. The van der Waals surface area contributed by atoms with Gasteiger partial charge in [0.25, 0.3) is 10.0 Å². The first-order valence-electron chi connectivity index (χ1n) is 12.0. The lowest BCUT2D eigenvalue weighted by atomic mass is 10.0. The average Bonchev–Trinajstić information content (AvgIpc) is 2.93. The van der Waals surface area contributed by atoms with E-state index in [2.05, 4.69) is 9.62 Å². The van der Waals surface area contributed by atoms with Crippen LogP contribution >= 0.6 is 11.6 Å². The van der Waals surface area contributed by atoms with Crippen molar-refractivity contribution in [3.63, 3.8) is 0 Å². The van der Waals surface area contributed by atoms with Crippen molar-refractivity contribution in [1.82, 2.24) is 0 Å². The SMILES string of the molecule is COC(=O)C[C@H](C)N(Cc1ccc(Cl)cc1)c1ccc(NS(=O)(=O)c2ccc(OC)cc2)c2ccccc12. The van der Waals surface area contributed by atoms with Crippen LogP contribution in [0.15, 0.2) is 89.8 Å². The predicted molar refractivity (Wildman–Crippen MR) is 151 cm³/mol. The standard InChI is InChI=1S/C29H29ClN2O5S/c1-20(18-29(33)37-3)32(19-21-8-10-22(30)11-9-21)28-17-16-27(25-6-4-5-7-26(25)28)31-38(34,35)24-14-12-23(36-2)13-15-24/h4-17,20,31H,18-19H2,1-3H3/t20-/m0/s1. The molecule has 0 bridgehead atoms. The van der Waals surface area contributed by atoms with Crippen LogP contribution < -0.4 is 14.4 Å². The summed E-state index contributed by atoms with van der Waals surface area (Å²) in [7, 11) is -0.946. The molecule has 0 heterocycles. The first kappa shape index (κ1) is 27.3. The normalized spacial score (nSPS) is 12.1. The highest BCUT2D eigenvalue weighted by atomic mass is 35.5. The molecular formula is C29H29ClN2O5S. The lowest BCUT2D eigenvalue weighted by molar-refractivity contribution is -0.140. The second-order valence-corrected chi connectivity index (χ2v) is 11.0. The number of hydrogen-bond donors (Lipinski definition) is 1. The number of hydrogen-bond acceptors (Lipinski definition) is 6. The highest BCUT2D eigenvalue weighted by Gasteiger charge is 2.23. The third-order valence-corrected chi connectivity index (χ3v) is 7.95. The van der Waals surface area contributed by atoms with Gasteiger partial charge >= 0.3 is 5.97 Å². The van der Waals surface area contributed by atoms with E-state index in [0.29, 0.717) is 23.0 Å². The van der Waals surface area contributed by atoms with Crippen LogP contribution in [0.2, 0.25) is 5.02 Å². The van der Waals surface area contributed by atoms with E-state index in [-0.39, 0.29) is 23.3 Å². The van der Waals surface area contributed by atoms with E-state index in [4.69, 9.17) is 21.1 Å². The summed E-state index contributed by atoms with van der Waals surface area (Å²) in [6.07, 6.45) is 0.185. The Bertz CT molecular complexity index is 1520. The number of carbonyl (C=O) groups excluding carboxylic acids is 1. The zero-order valence-electron chi connectivity index (χ0n) is 21.3. The molecule has 0 aromatic heterocycles. The number of anilines is 2. The summed E-state index contributed by atoms with van der Waals surface area (Å²) in [6, 6.07) is 24.7. The van der Waals surface area contributed by atoms with Crippen molar-refractivity contribution in [3.05, 3.63) is 95.5 Å². The fourth-order valence-corrected chi connectivity index (χ4v) is 5.49. The first-order chi connectivity index (χ1) is 18.2. The zero-order valence-corrected chi connectivity index (χ0v) is 22.9. The minimum atomic E-state index is -3.84. The first-order valence-corrected chi connectivity index (χ1v) is 13.8. The molecule has 1 atom stereocenters. The molecule has 4 rings (SSSR count). The van der Waals surface area contributed by atoms with E-state index in [1.807, 2.05) is 61.5 Å². The number of nitrogens with zero attached hydrogens (tertiary/aromatic N) is 1. The zero-order chi connectivity index (χ0) is 27.3. The molecule has 7 nitrogen and oxygen atoms in total. The Hall–Kier alpha value is -3.75. The van der Waals surface area contributed by atoms with Gasteiger partial charge in [0.05, 0.1) is 31.2 Å². The predicted octanol–water partition coefficient (Wildman–Crippen LogP) is 6.26. The highest BCUT2D eigenvalue weighted by Crippen LogP contribution is 2.36. The van der Waals surface area contributed by atoms with Gasteiger partial charge in [-0.15, -0.1) is 0 Å². The van der Waals surface area contributed by atoms with Crippen LogP contribution in [0.4, 0.5) is 11.4 Å². The quantitative estimate of drug-likeness (QED) is 0.234. The molecular weight excluding hydrogens is 524 g/mol. The second-order valence-electron chi connectivity index (χ2n) is 8.84. The maximum atomic E-state index is 13.2. The molecule has 4 aromatic rings. The number of carbonyl (C=O) groups is 1. The number of fused-ring (bicyclic) bond motifs is 1. The Morgan fingerprint density at radius 1 is 0.921 bits per heavy atom. The maximum Gasteiger partial charge on any atom is 0.307 e. The van der Waals surface area contributed by atoms with Crippen molar-refractivity contribution in [2.75, 3.05) is 23.8 Å². The number of nitrogens with one attached hydrogen (secondary N) is 1. The molecule has 0 unspecified atom stereocenters. The molecule has 198 valence electrons. The molecule has 4 aromatic carbocycles. The van der Waals surface area contributed by atoms with Gasteiger partial charge in [0.1, 0.15) is 5.75 Å². The van der Waals surface area contributed by atoms with E-state index in [9.17, 15) is 13.2 Å². The van der Waals surface area contributed by atoms with Crippen LogP contribution in [0.1, 0.15) is 18.9 Å². The van der Waals surface area contributed by atoms with E-state index >= 15 is 0 Å². The van der Waals surface area contributed by atoms with Crippen LogP contribution in [0.5, 0.6) is 5.75 Å². The van der Waals surface area contributed by atoms with Crippen molar-refractivity contribution >= 4 is 49.7 Å². The Kier molecular flexibility index (Phi) is 8.44. The number of rotatable bonds is 10. The Morgan fingerprint density at radius 2 is 1.58 bits per heavy atom. The lowest BCUT2D eigenvalue weighted by Crippen LogP contribution is -2.34. The molecule has 0 saturated carbocycles. The van der Waals surface area contributed by atoms with Crippen molar-refractivity contribution in [1.29, 1.82) is 0 Å². The smallest absolute Gasteiger partial charge is 0.307 e. The van der Waals surface area contributed by atoms with E-state index < -0.39 is 10.0 Å². The average molecular weight is 553 g/mol. The summed E-state index contributed by atoms with van der Waals surface area (Å²) in [4.78, 5) is 14.4. The minimum absolute atomic E-state index is 0.127. The summed E-state index contributed by atoms with van der Waals surface area (Å²) in [5, 5.41) is 2.21. The highest BCUT2D eigenvalue weighted by molar-refractivity contribution is 7.92. The number of benzene rings is 4. The van der Waals surface area contributed by atoms with Crippen molar-refractivity contribution in [3.8, 4) is 5.75 Å². The number of sulfonamides is 1. The Morgan fingerprint density at radius 3 is 2.21 bits per heavy atom. The summed E-state index contributed by atoms with van der Waals surface area (Å²) in [5.41, 5.74) is 2.33. The number of ether oxygens (including phenoxy) is 2. The van der Waals surface area contributed by atoms with E-state index in [1.165, 1.54) is 26.4 Å². The van der Waals surface area contributed by atoms with Gasteiger partial charge in [-0.25, -0.2) is 8.42 Å². The van der Waals surface area contributed by atoms with Crippen LogP contribution in [0, 0.1) is 0 Å². The van der Waals surface area contributed by atoms with Crippen LogP contribution in [-0.2, 0) is 26.1 Å². The summed E-state index contributed by atoms with van der Waals surface area (Å²) < 4.78 is 39.1. The molecule has 0 aliphatic rings. The van der Waals surface area contributed by atoms with Gasteiger partial charge in [0.2, 0.25) is 0 Å². The van der Waals surface area contributed by atoms with E-state index in [0.717, 1.165) is 22.0 Å². The maximum absolute atomic E-state index is 13.2. The minimum Gasteiger partial charge on any atom is -0.497 e. The summed E-state index contributed by atoms with van der Waals surface area (Å²) in [6.45, 7) is 2.47. The second kappa shape index (κ2) is 11.8. The Labute approximate surface area is 228 Å². The third-order valence-electron chi connectivity index (χ3n) is 6.31. The van der Waals surface area contributed by atoms with Crippen LogP contribution in [-0.4, -0.2) is 34.6 Å². The molecule has 0 aliphatic heterocycles. The summed E-state index contributed by atoms with van der Waals surface area (Å²) >= 11 is 6.09. The van der Waals surface area contributed by atoms with Gasteiger partial charge in [-0.1, -0.05) is 48.0 Å². The fourth-order valence-electron chi connectivity index (χ4n) is 4.28. The van der Waals surface area contributed by atoms with Crippen LogP contribution in [0.25, 0.3) is 10.8 Å². The summed E-state index contributed by atoms with van der Waals surface area (Å²) in [5.74, 6) is 0.257. The molecule has 0 amide bonds. The lowest BCUT2D eigenvalue weighted by Gasteiger charge is -2.32. The van der Waals surface area contributed by atoms with Gasteiger partial charge in [-0.2, -0.15) is 0 Å². The molecule has 0 saturated heterocycles. The van der Waals surface area contributed by atoms with Gasteiger partial charge in [0.15, 0.2) is 0 Å². The van der Waals surface area contributed by atoms with Gasteiger partial charge in [-0.05, 0) is 61.0 Å². The molecule has 0 fully saturated rings. The molecule has 0 aliphatic carbocycles. The fraction of sp³-hybridized carbons (Fsp3) is 0.207. The van der Waals surface area contributed by atoms with Crippen LogP contribution in [0.3, 0.4) is 0 Å². The van der Waals surface area contributed by atoms with Gasteiger partial charge in [0, 0.05) is 34.1 Å². The monoisotopic (exact) mass is 552 g/mol. The third kappa shape index (κ3) is 6.20. The topological polar surface area (TPSA) is 84.9 Å². The molecule has 0 spiro atoms. The Balaban J connectivity index is 1.75. The molecule has 9 heteroatoms. The number of halogens is 1. The van der Waals surface area contributed by atoms with Gasteiger partial charge < -0.3 is 14.4 Å². The largest absolute Gasteiger partial charge is 0.497 e. The molecule has 1 N–H and O–H groups in total. The van der Waals surface area contributed by atoms with E-state index in [1.54, 1.807) is 18.2 Å². The molecule has 0 radical (unpaired) electrons. The molecule has 38 heavy (non-hydrogen) atoms. The van der Waals surface area contributed by atoms with Crippen molar-refractivity contribution in [2.45, 2.75) is 30.8 Å². The number of esters is 1.